The van der Waals surface area contributed by atoms with E-state index in [1.54, 1.807) is 0 Å². The number of aliphatic hydroxyl groups excluding tert-OH is 1. The number of aliphatic imine (C=N–C) groups is 1. The van der Waals surface area contributed by atoms with Crippen molar-refractivity contribution in [2.75, 3.05) is 0 Å². The number of hydrogen-bond donors (Lipinski definition) is 1. The lowest BCUT2D eigenvalue weighted by atomic mass is 9.88. The number of aryl methyl sites for hydroxylation is 2. The van der Waals surface area contributed by atoms with Gasteiger partial charge in [0.1, 0.15) is 11.5 Å². The molecule has 1 aromatic carbocycles. The van der Waals surface area contributed by atoms with E-state index < -0.39 is 4.92 Å². The Kier molecular flexibility index (Phi) is 5.75. The summed E-state index contributed by atoms with van der Waals surface area (Å²) in [5.74, 6) is 0.305. The van der Waals surface area contributed by atoms with Gasteiger partial charge in [0, 0.05) is 44.2 Å². The van der Waals surface area contributed by atoms with Gasteiger partial charge in [0.15, 0.2) is 11.6 Å². The lowest BCUT2D eigenvalue weighted by molar-refractivity contribution is -0.384. The Morgan fingerprint density at radius 2 is 1.81 bits per heavy atom. The summed E-state index contributed by atoms with van der Waals surface area (Å²) in [5.41, 5.74) is 2.08. The van der Waals surface area contributed by atoms with Crippen LogP contribution in [-0.4, -0.2) is 32.5 Å². The van der Waals surface area contributed by atoms with Gasteiger partial charge >= 0.3 is 0 Å². The molecule has 0 unspecified atom stereocenters. The first kappa shape index (κ1) is 20.6. The van der Waals surface area contributed by atoms with Crippen molar-refractivity contribution in [3.63, 3.8) is 0 Å². The molecule has 9 heteroatoms. The molecule has 4 rings (SSSR count). The molecule has 1 aromatic heterocycles. The van der Waals surface area contributed by atoms with Crippen LogP contribution in [0.5, 0.6) is 0 Å². The van der Waals surface area contributed by atoms with E-state index in [1.807, 2.05) is 0 Å². The highest BCUT2D eigenvalue weighted by molar-refractivity contribution is 6.24. The second-order valence-electron chi connectivity index (χ2n) is 7.63. The largest absolute Gasteiger partial charge is 0.511 e. The van der Waals surface area contributed by atoms with E-state index in [1.165, 1.54) is 24.3 Å². The topological polar surface area (TPSA) is 136 Å². The van der Waals surface area contributed by atoms with Gasteiger partial charge in [-0.1, -0.05) is 5.16 Å². The van der Waals surface area contributed by atoms with Crippen LogP contribution in [0.25, 0.3) is 0 Å². The van der Waals surface area contributed by atoms with Crippen molar-refractivity contribution in [3.05, 3.63) is 62.7 Å². The minimum absolute atomic E-state index is 0.00110. The molecule has 0 aliphatic heterocycles. The van der Waals surface area contributed by atoms with E-state index in [0.717, 1.165) is 6.42 Å². The van der Waals surface area contributed by atoms with Gasteiger partial charge in [-0.25, -0.2) is 0 Å². The fraction of sp³-hybridized carbons (Fsp3) is 0.364. The predicted octanol–water partition coefficient (Wildman–Crippen LogP) is 4.37. The Morgan fingerprint density at radius 1 is 1.10 bits per heavy atom. The van der Waals surface area contributed by atoms with E-state index in [9.17, 15) is 24.8 Å². The standard InChI is InChI=1S/C22H21N3O6/c26-17-4-1-3-15(23-13-7-9-14(10-8-13)25(29)30)21(17)19(28)12-11-16-22-18(27)5-2-6-20(22)31-24-16/h7-10,28H,1-6,11-12H2/b21-19-,23-15?. The van der Waals surface area contributed by atoms with Crippen LogP contribution in [0.2, 0.25) is 0 Å². The zero-order chi connectivity index (χ0) is 22.0. The molecule has 0 saturated heterocycles. The Balaban J connectivity index is 1.58. The summed E-state index contributed by atoms with van der Waals surface area (Å²) in [4.78, 5) is 39.5. The predicted molar refractivity (Wildman–Crippen MR) is 111 cm³/mol. The number of hydrogen-bond acceptors (Lipinski definition) is 8. The zero-order valence-electron chi connectivity index (χ0n) is 16.8. The molecule has 2 aromatic rings. The Bertz CT molecular complexity index is 1110. The van der Waals surface area contributed by atoms with E-state index >= 15 is 0 Å². The third kappa shape index (κ3) is 4.30. The molecule has 2 aliphatic carbocycles. The summed E-state index contributed by atoms with van der Waals surface area (Å²) in [6, 6.07) is 5.70. The molecule has 160 valence electrons. The van der Waals surface area contributed by atoms with Crippen LogP contribution in [0.4, 0.5) is 11.4 Å². The van der Waals surface area contributed by atoms with Crippen LogP contribution in [0, 0.1) is 10.1 Å². The van der Waals surface area contributed by atoms with Gasteiger partial charge in [0.2, 0.25) is 0 Å². The van der Waals surface area contributed by atoms with Crippen molar-refractivity contribution in [3.8, 4) is 0 Å². The normalized spacial score (nSPS) is 19.4. The van der Waals surface area contributed by atoms with Gasteiger partial charge in [-0.05, 0) is 31.4 Å². The van der Waals surface area contributed by atoms with Gasteiger partial charge in [0.05, 0.1) is 33.2 Å². The molecule has 1 fully saturated rings. The number of carbonyl (C=O) groups excluding carboxylic acids is 2. The summed E-state index contributed by atoms with van der Waals surface area (Å²) >= 11 is 0. The zero-order valence-corrected chi connectivity index (χ0v) is 16.8. The number of benzene rings is 1. The highest BCUT2D eigenvalue weighted by Crippen LogP contribution is 2.28. The van der Waals surface area contributed by atoms with Crippen LogP contribution >= 0.6 is 0 Å². The van der Waals surface area contributed by atoms with E-state index in [2.05, 4.69) is 10.1 Å². The number of carbonyl (C=O) groups is 2. The number of allylic oxidation sites excluding steroid dienone is 2. The lowest BCUT2D eigenvalue weighted by Crippen LogP contribution is -2.21. The van der Waals surface area contributed by atoms with Gasteiger partial charge in [-0.2, -0.15) is 0 Å². The molecule has 1 heterocycles. The summed E-state index contributed by atoms with van der Waals surface area (Å²) in [6.07, 6.45) is 3.73. The van der Waals surface area contributed by atoms with Crippen LogP contribution in [-0.2, 0) is 17.6 Å². The Hall–Kier alpha value is -3.62. The van der Waals surface area contributed by atoms with Crippen LogP contribution in [0.3, 0.4) is 0 Å². The molecular weight excluding hydrogens is 402 g/mol. The highest BCUT2D eigenvalue weighted by atomic mass is 16.6. The number of nitro benzene ring substituents is 1. The Morgan fingerprint density at radius 3 is 2.55 bits per heavy atom. The number of aromatic nitrogens is 1. The maximum Gasteiger partial charge on any atom is 0.269 e. The smallest absolute Gasteiger partial charge is 0.269 e. The van der Waals surface area contributed by atoms with Crippen molar-refractivity contribution in [2.24, 2.45) is 4.99 Å². The first-order chi connectivity index (χ1) is 14.9. The third-order valence-corrected chi connectivity index (χ3v) is 5.52. The minimum atomic E-state index is -0.494. The van der Waals surface area contributed by atoms with E-state index in [4.69, 9.17) is 4.52 Å². The van der Waals surface area contributed by atoms with Gasteiger partial charge in [0.25, 0.3) is 5.69 Å². The van der Waals surface area contributed by atoms with Crippen molar-refractivity contribution < 1.29 is 24.1 Å². The maximum atomic E-state index is 12.5. The number of rotatable bonds is 5. The Labute approximate surface area is 177 Å². The van der Waals surface area contributed by atoms with Crippen LogP contribution in [0.15, 0.2) is 45.1 Å². The monoisotopic (exact) mass is 423 g/mol. The molecule has 2 aliphatic rings. The highest BCUT2D eigenvalue weighted by Gasteiger charge is 2.28. The third-order valence-electron chi connectivity index (χ3n) is 5.52. The number of fused-ring (bicyclic) bond motifs is 1. The molecule has 0 amide bonds. The number of ketones is 2. The van der Waals surface area contributed by atoms with Gasteiger partial charge in [-0.15, -0.1) is 0 Å². The van der Waals surface area contributed by atoms with Gasteiger partial charge < -0.3 is 9.63 Å². The fourth-order valence-electron chi connectivity index (χ4n) is 3.99. The second-order valence-corrected chi connectivity index (χ2v) is 7.63. The van der Waals surface area contributed by atoms with Crippen LogP contribution in [0.1, 0.15) is 60.3 Å². The molecule has 9 nitrogen and oxygen atoms in total. The number of nitrogens with zero attached hydrogens (tertiary/aromatic N) is 3. The average Bonchev–Trinajstić information content (AvgIpc) is 3.17. The summed E-state index contributed by atoms with van der Waals surface area (Å²) < 4.78 is 5.28. The van der Waals surface area contributed by atoms with Crippen molar-refractivity contribution in [1.29, 1.82) is 0 Å². The van der Waals surface area contributed by atoms with Gasteiger partial charge in [-0.3, -0.25) is 24.7 Å². The molecule has 31 heavy (non-hydrogen) atoms. The maximum absolute atomic E-state index is 12.5. The first-order valence-corrected chi connectivity index (χ1v) is 10.2. The number of aliphatic hydroxyl groups is 1. The van der Waals surface area contributed by atoms with E-state index in [0.29, 0.717) is 60.5 Å². The SMILES string of the molecule is O=C1CCCC(=Nc2ccc([N+](=O)[O-])cc2)/C1=C(/O)CCc1noc2c1C(=O)CCC2. The van der Waals surface area contributed by atoms with Crippen molar-refractivity contribution >= 4 is 28.7 Å². The number of Topliss-reactive ketones (excluding diaryl/α,β-unsaturated/α-hetero) is 2. The number of nitro groups is 1. The summed E-state index contributed by atoms with van der Waals surface area (Å²) in [7, 11) is 0. The quantitative estimate of drug-likeness (QED) is 0.326. The second kappa shape index (κ2) is 8.63. The minimum Gasteiger partial charge on any atom is -0.511 e. The number of non-ortho nitro benzene ring substituents is 1. The first-order valence-electron chi connectivity index (χ1n) is 10.2. The van der Waals surface area contributed by atoms with Crippen LogP contribution < -0.4 is 0 Å². The molecule has 1 N–H and O–H groups in total. The summed E-state index contributed by atoms with van der Waals surface area (Å²) in [5, 5.41) is 25.5. The summed E-state index contributed by atoms with van der Waals surface area (Å²) in [6.45, 7) is 0. The lowest BCUT2D eigenvalue weighted by Gasteiger charge is -2.18. The van der Waals surface area contributed by atoms with Crippen molar-refractivity contribution in [1.82, 2.24) is 5.16 Å². The van der Waals surface area contributed by atoms with Crippen molar-refractivity contribution in [2.45, 2.75) is 51.4 Å². The van der Waals surface area contributed by atoms with E-state index in [-0.39, 0.29) is 41.4 Å². The molecule has 0 bridgehead atoms. The molecular formula is C22H21N3O6. The average molecular weight is 423 g/mol. The molecule has 0 atom stereocenters. The molecule has 1 saturated carbocycles. The molecule has 0 spiro atoms. The molecule has 0 radical (unpaired) electrons. The fourth-order valence-corrected chi connectivity index (χ4v) is 3.99.